The molecule has 0 aromatic heterocycles. The molecule has 2 aromatic carbocycles. The molecule has 0 amide bonds. The molecule has 0 N–H and O–H groups in total. The lowest BCUT2D eigenvalue weighted by Gasteiger charge is -2.08. The van der Waals surface area contributed by atoms with Crippen LogP contribution in [0.4, 0.5) is 4.79 Å². The Balaban J connectivity index is 1.68. The highest BCUT2D eigenvalue weighted by atomic mass is 16.7. The molecular formula is C20H26O3. The van der Waals surface area contributed by atoms with Crippen molar-refractivity contribution in [2.45, 2.75) is 51.9 Å². The zero-order chi connectivity index (χ0) is 16.3. The lowest BCUT2D eigenvalue weighted by atomic mass is 10.1. The van der Waals surface area contributed by atoms with E-state index in [2.05, 4.69) is 6.92 Å². The zero-order valence-electron chi connectivity index (χ0n) is 13.9. The van der Waals surface area contributed by atoms with Crippen LogP contribution >= 0.6 is 0 Å². The Kier molecular flexibility index (Phi) is 7.44. The second-order valence-electron chi connectivity index (χ2n) is 5.80. The second kappa shape index (κ2) is 9.88. The van der Waals surface area contributed by atoms with Gasteiger partial charge in [0.1, 0.15) is 5.75 Å². The first kappa shape index (κ1) is 17.3. The topological polar surface area (TPSA) is 35.5 Å². The largest absolute Gasteiger partial charge is 0.513 e. The third kappa shape index (κ3) is 5.93. The predicted octanol–water partition coefficient (Wildman–Crippen LogP) is 6.11. The molecule has 3 heteroatoms. The van der Waals surface area contributed by atoms with Crippen molar-refractivity contribution in [3.8, 4) is 5.75 Å². The van der Waals surface area contributed by atoms with Gasteiger partial charge < -0.3 is 9.47 Å². The molecule has 0 aliphatic carbocycles. The SMILES string of the molecule is CCCCCCCCCOC(=O)Oc1cccc2ccccc12. The van der Waals surface area contributed by atoms with Gasteiger partial charge >= 0.3 is 6.16 Å². The quantitative estimate of drug-likeness (QED) is 0.318. The van der Waals surface area contributed by atoms with Gasteiger partial charge in [-0.25, -0.2) is 4.79 Å². The van der Waals surface area contributed by atoms with E-state index in [9.17, 15) is 4.79 Å². The van der Waals surface area contributed by atoms with Gasteiger partial charge in [0.05, 0.1) is 6.61 Å². The first-order valence-electron chi connectivity index (χ1n) is 8.63. The minimum atomic E-state index is -0.618. The number of fused-ring (bicyclic) bond motifs is 1. The average molecular weight is 314 g/mol. The van der Waals surface area contributed by atoms with Crippen LogP contribution in [0.2, 0.25) is 0 Å². The fourth-order valence-corrected chi connectivity index (χ4v) is 2.62. The number of hydrogen-bond donors (Lipinski definition) is 0. The van der Waals surface area contributed by atoms with Crippen LogP contribution in [0.3, 0.4) is 0 Å². The van der Waals surface area contributed by atoms with E-state index in [1.807, 2.05) is 36.4 Å². The van der Waals surface area contributed by atoms with Crippen LogP contribution in [-0.2, 0) is 4.74 Å². The minimum Gasteiger partial charge on any atom is -0.434 e. The Morgan fingerprint density at radius 1 is 0.870 bits per heavy atom. The van der Waals surface area contributed by atoms with Crippen LogP contribution in [0, 0.1) is 0 Å². The van der Waals surface area contributed by atoms with Gasteiger partial charge in [0.15, 0.2) is 0 Å². The standard InChI is InChI=1S/C20H26O3/c1-2-3-4-5-6-7-10-16-22-20(21)23-19-15-11-13-17-12-8-9-14-18(17)19/h8-9,11-15H,2-7,10,16H2,1H3. The Bertz CT molecular complexity index is 601. The zero-order valence-corrected chi connectivity index (χ0v) is 13.9. The molecule has 0 aliphatic heterocycles. The number of rotatable bonds is 9. The van der Waals surface area contributed by atoms with E-state index in [0.29, 0.717) is 12.4 Å². The fourth-order valence-electron chi connectivity index (χ4n) is 2.62. The van der Waals surface area contributed by atoms with Gasteiger partial charge in [-0.15, -0.1) is 0 Å². The molecular weight excluding hydrogens is 288 g/mol. The molecule has 3 nitrogen and oxygen atoms in total. The normalized spacial score (nSPS) is 10.7. The summed E-state index contributed by atoms with van der Waals surface area (Å²) < 4.78 is 10.5. The van der Waals surface area contributed by atoms with Crippen LogP contribution < -0.4 is 4.74 Å². The monoisotopic (exact) mass is 314 g/mol. The maximum absolute atomic E-state index is 11.8. The molecule has 2 aromatic rings. The van der Waals surface area contributed by atoms with Gasteiger partial charge in [-0.05, 0) is 17.9 Å². The maximum atomic E-state index is 11.8. The van der Waals surface area contributed by atoms with Gasteiger partial charge in [0.2, 0.25) is 0 Å². The lowest BCUT2D eigenvalue weighted by Crippen LogP contribution is -2.11. The Morgan fingerprint density at radius 2 is 1.57 bits per heavy atom. The molecule has 23 heavy (non-hydrogen) atoms. The number of benzene rings is 2. The van der Waals surface area contributed by atoms with Crippen molar-refractivity contribution in [2.24, 2.45) is 0 Å². The highest BCUT2D eigenvalue weighted by molar-refractivity contribution is 5.89. The summed E-state index contributed by atoms with van der Waals surface area (Å²) in [5.74, 6) is 0.549. The van der Waals surface area contributed by atoms with Crippen LogP contribution in [0.5, 0.6) is 5.75 Å². The number of carbonyl (C=O) groups is 1. The van der Waals surface area contributed by atoms with Gasteiger partial charge in [0.25, 0.3) is 0 Å². The summed E-state index contributed by atoms with van der Waals surface area (Å²) in [5, 5.41) is 1.97. The second-order valence-corrected chi connectivity index (χ2v) is 5.80. The van der Waals surface area contributed by atoms with Crippen molar-refractivity contribution in [1.29, 1.82) is 0 Å². The maximum Gasteiger partial charge on any atom is 0.513 e. The lowest BCUT2D eigenvalue weighted by molar-refractivity contribution is 0.0978. The van der Waals surface area contributed by atoms with Crippen molar-refractivity contribution < 1.29 is 14.3 Å². The molecule has 2 rings (SSSR count). The van der Waals surface area contributed by atoms with E-state index in [1.54, 1.807) is 6.07 Å². The predicted molar refractivity (Wildman–Crippen MR) is 93.9 cm³/mol. The highest BCUT2D eigenvalue weighted by Crippen LogP contribution is 2.25. The van der Waals surface area contributed by atoms with Gasteiger partial charge in [0, 0.05) is 5.39 Å². The van der Waals surface area contributed by atoms with E-state index in [0.717, 1.165) is 23.6 Å². The van der Waals surface area contributed by atoms with Crippen molar-refractivity contribution in [1.82, 2.24) is 0 Å². The molecule has 0 saturated carbocycles. The van der Waals surface area contributed by atoms with E-state index < -0.39 is 6.16 Å². The summed E-state index contributed by atoms with van der Waals surface area (Å²) in [6, 6.07) is 13.5. The molecule has 124 valence electrons. The van der Waals surface area contributed by atoms with Crippen LogP contribution in [0.15, 0.2) is 42.5 Å². The van der Waals surface area contributed by atoms with Gasteiger partial charge in [-0.3, -0.25) is 0 Å². The Morgan fingerprint density at radius 3 is 2.39 bits per heavy atom. The highest BCUT2D eigenvalue weighted by Gasteiger charge is 2.08. The summed E-state index contributed by atoms with van der Waals surface area (Å²) in [6.45, 7) is 2.65. The van der Waals surface area contributed by atoms with Gasteiger partial charge in [-0.1, -0.05) is 81.8 Å². The molecule has 0 aliphatic rings. The van der Waals surface area contributed by atoms with Crippen molar-refractivity contribution >= 4 is 16.9 Å². The summed E-state index contributed by atoms with van der Waals surface area (Å²) in [4.78, 5) is 11.8. The fraction of sp³-hybridized carbons (Fsp3) is 0.450. The van der Waals surface area contributed by atoms with E-state index in [4.69, 9.17) is 9.47 Å². The third-order valence-corrected chi connectivity index (χ3v) is 3.91. The number of hydrogen-bond acceptors (Lipinski definition) is 3. The van der Waals surface area contributed by atoms with Crippen LogP contribution in [0.1, 0.15) is 51.9 Å². The van der Waals surface area contributed by atoms with Crippen molar-refractivity contribution in [3.05, 3.63) is 42.5 Å². The molecule has 0 spiro atoms. The van der Waals surface area contributed by atoms with E-state index in [-0.39, 0.29) is 0 Å². The molecule has 0 unspecified atom stereocenters. The van der Waals surface area contributed by atoms with Crippen molar-refractivity contribution in [3.63, 3.8) is 0 Å². The number of unbranched alkanes of at least 4 members (excludes halogenated alkanes) is 6. The molecule has 0 heterocycles. The van der Waals surface area contributed by atoms with Crippen LogP contribution in [-0.4, -0.2) is 12.8 Å². The average Bonchev–Trinajstić information content (AvgIpc) is 2.57. The first-order valence-corrected chi connectivity index (χ1v) is 8.63. The van der Waals surface area contributed by atoms with Gasteiger partial charge in [-0.2, -0.15) is 0 Å². The number of carbonyl (C=O) groups excluding carboxylic acids is 1. The third-order valence-electron chi connectivity index (χ3n) is 3.91. The summed E-state index contributed by atoms with van der Waals surface area (Å²) in [7, 11) is 0. The Labute approximate surface area is 138 Å². The smallest absolute Gasteiger partial charge is 0.434 e. The van der Waals surface area contributed by atoms with E-state index >= 15 is 0 Å². The summed E-state index contributed by atoms with van der Waals surface area (Å²) in [5.41, 5.74) is 0. The van der Waals surface area contributed by atoms with Crippen molar-refractivity contribution in [2.75, 3.05) is 6.61 Å². The number of ether oxygens (including phenoxy) is 2. The van der Waals surface area contributed by atoms with E-state index in [1.165, 1.54) is 32.1 Å². The molecule has 0 bridgehead atoms. The van der Waals surface area contributed by atoms with Crippen LogP contribution in [0.25, 0.3) is 10.8 Å². The molecule has 0 saturated heterocycles. The summed E-state index contributed by atoms with van der Waals surface area (Å²) in [6.07, 6.45) is 7.75. The summed E-state index contributed by atoms with van der Waals surface area (Å²) >= 11 is 0. The molecule has 0 fully saturated rings. The molecule has 0 atom stereocenters. The molecule has 0 radical (unpaired) electrons. The first-order chi connectivity index (χ1) is 11.3. The minimum absolute atomic E-state index is 0.428. The Hall–Kier alpha value is -2.03.